The van der Waals surface area contributed by atoms with Crippen LogP contribution in [-0.2, 0) is 13.1 Å². The fraction of sp³-hybridized carbons (Fsp3) is 0.440. The van der Waals surface area contributed by atoms with Gasteiger partial charge in [0.05, 0.1) is 0 Å². The van der Waals surface area contributed by atoms with Gasteiger partial charge in [0.2, 0.25) is 0 Å². The minimum absolute atomic E-state index is 0.168. The van der Waals surface area contributed by atoms with E-state index in [1.165, 1.54) is 73.9 Å². The molecular weight excluding hydrogens is 361 g/mol. The number of likely N-dealkylation sites (tertiary alicyclic amines) is 1. The summed E-state index contributed by atoms with van der Waals surface area (Å²) in [6, 6.07) is 14.0. The number of hydrogen-bond donors (Lipinski definition) is 1. The molecule has 2 aliphatic rings. The highest BCUT2D eigenvalue weighted by molar-refractivity contribution is 5.83. The quantitative estimate of drug-likeness (QED) is 0.577. The highest BCUT2D eigenvalue weighted by Crippen LogP contribution is 2.33. The second-order valence-corrected chi connectivity index (χ2v) is 8.74. The van der Waals surface area contributed by atoms with Crippen LogP contribution >= 0.6 is 0 Å². The van der Waals surface area contributed by atoms with E-state index in [0.29, 0.717) is 5.92 Å². The smallest absolute Gasteiger partial charge is 0.125 e. The Morgan fingerprint density at radius 3 is 2.31 bits per heavy atom. The van der Waals surface area contributed by atoms with Gasteiger partial charge in [0.15, 0.2) is 0 Å². The average molecular weight is 392 g/mol. The molecule has 5 rings (SSSR count). The van der Waals surface area contributed by atoms with Crippen LogP contribution in [0.2, 0.25) is 0 Å². The molecule has 0 spiro atoms. The molecule has 3 heterocycles. The summed E-state index contributed by atoms with van der Waals surface area (Å²) < 4.78 is 13.4. The van der Waals surface area contributed by atoms with E-state index in [9.17, 15) is 4.39 Å². The number of benzene rings is 2. The van der Waals surface area contributed by atoms with Crippen molar-refractivity contribution in [1.29, 1.82) is 0 Å². The van der Waals surface area contributed by atoms with Gasteiger partial charge in [-0.15, -0.1) is 0 Å². The molecule has 0 unspecified atom stereocenters. The Bertz CT molecular complexity index is 946. The number of aromatic amines is 1. The zero-order valence-electron chi connectivity index (χ0n) is 17.0. The maximum absolute atomic E-state index is 13.4. The predicted molar refractivity (Wildman–Crippen MR) is 116 cm³/mol. The predicted octanol–water partition coefficient (Wildman–Crippen LogP) is 5.28. The summed E-state index contributed by atoms with van der Waals surface area (Å²) in [6.07, 6.45) is 7.06. The molecule has 0 radical (unpaired) electrons. The summed E-state index contributed by atoms with van der Waals surface area (Å²) in [7, 11) is 0. The minimum Gasteiger partial charge on any atom is -0.361 e. The molecule has 1 N–H and O–H groups in total. The molecule has 2 aromatic carbocycles. The SMILES string of the molecule is Fc1ccc2c(C3CCN(CCCCN4Cc5ccccc5C4)CC3)c[nH]c2c1. The van der Waals surface area contributed by atoms with E-state index in [0.717, 1.165) is 18.6 Å². The van der Waals surface area contributed by atoms with Crippen molar-refractivity contribution in [3.63, 3.8) is 0 Å². The maximum atomic E-state index is 13.4. The maximum Gasteiger partial charge on any atom is 0.125 e. The van der Waals surface area contributed by atoms with E-state index in [1.54, 1.807) is 12.1 Å². The van der Waals surface area contributed by atoms with Crippen molar-refractivity contribution in [2.45, 2.75) is 44.7 Å². The van der Waals surface area contributed by atoms with E-state index < -0.39 is 0 Å². The third-order valence-corrected chi connectivity index (χ3v) is 6.81. The molecule has 3 nitrogen and oxygen atoms in total. The third kappa shape index (κ3) is 4.10. The number of rotatable bonds is 6. The Hall–Kier alpha value is -2.17. The van der Waals surface area contributed by atoms with Gasteiger partial charge in [0.1, 0.15) is 5.82 Å². The molecule has 29 heavy (non-hydrogen) atoms. The van der Waals surface area contributed by atoms with E-state index in [-0.39, 0.29) is 5.82 Å². The van der Waals surface area contributed by atoms with E-state index in [4.69, 9.17) is 0 Å². The van der Waals surface area contributed by atoms with Gasteiger partial charge in [0.25, 0.3) is 0 Å². The fourth-order valence-corrected chi connectivity index (χ4v) is 5.16. The van der Waals surface area contributed by atoms with Crippen LogP contribution in [0.5, 0.6) is 0 Å². The van der Waals surface area contributed by atoms with Crippen LogP contribution in [0.4, 0.5) is 4.39 Å². The molecule has 1 fully saturated rings. The van der Waals surface area contributed by atoms with Crippen molar-refractivity contribution >= 4 is 10.9 Å². The summed E-state index contributed by atoms with van der Waals surface area (Å²) in [5, 5.41) is 1.19. The Kier molecular flexibility index (Phi) is 5.38. The third-order valence-electron chi connectivity index (χ3n) is 6.81. The van der Waals surface area contributed by atoms with Gasteiger partial charge < -0.3 is 9.88 Å². The first kappa shape index (κ1) is 18.8. The number of unbranched alkanes of at least 4 members (excludes halogenated alkanes) is 1. The topological polar surface area (TPSA) is 22.3 Å². The van der Waals surface area contributed by atoms with E-state index >= 15 is 0 Å². The van der Waals surface area contributed by atoms with Gasteiger partial charge in [-0.1, -0.05) is 24.3 Å². The molecule has 0 amide bonds. The molecule has 1 saturated heterocycles. The Balaban J connectivity index is 1.05. The van der Waals surface area contributed by atoms with Gasteiger partial charge in [-0.3, -0.25) is 4.90 Å². The molecule has 0 bridgehead atoms. The van der Waals surface area contributed by atoms with Gasteiger partial charge >= 0.3 is 0 Å². The summed E-state index contributed by atoms with van der Waals surface area (Å²) in [5.41, 5.74) is 5.31. The molecule has 0 aliphatic carbocycles. The first-order valence-corrected chi connectivity index (χ1v) is 11.0. The van der Waals surface area contributed by atoms with Crippen LogP contribution in [-0.4, -0.2) is 41.0 Å². The van der Waals surface area contributed by atoms with Crippen molar-refractivity contribution in [2.75, 3.05) is 26.2 Å². The second-order valence-electron chi connectivity index (χ2n) is 8.74. The van der Waals surface area contributed by atoms with Crippen LogP contribution in [0.1, 0.15) is 48.3 Å². The summed E-state index contributed by atoms with van der Waals surface area (Å²) in [4.78, 5) is 8.46. The highest BCUT2D eigenvalue weighted by Gasteiger charge is 2.23. The zero-order chi connectivity index (χ0) is 19.6. The Morgan fingerprint density at radius 1 is 0.897 bits per heavy atom. The molecule has 3 aromatic rings. The lowest BCUT2D eigenvalue weighted by Crippen LogP contribution is -2.34. The molecular formula is C25H30FN3. The monoisotopic (exact) mass is 391 g/mol. The molecule has 4 heteroatoms. The fourth-order valence-electron chi connectivity index (χ4n) is 5.16. The normalized spacial score (nSPS) is 18.5. The standard InChI is InChI=1S/C25H30FN3/c26-22-7-8-23-24(16-27-25(23)15-22)19-9-13-28(14-10-19)11-3-4-12-29-17-20-5-1-2-6-21(20)18-29/h1-2,5-8,15-16,19,27H,3-4,9-14,17-18H2. The molecule has 0 saturated carbocycles. The average Bonchev–Trinajstić information content (AvgIpc) is 3.35. The Labute approximate surface area is 172 Å². The number of nitrogens with zero attached hydrogens (tertiary/aromatic N) is 2. The number of halogens is 1. The summed E-state index contributed by atoms with van der Waals surface area (Å²) in [6.45, 7) is 7.01. The Morgan fingerprint density at radius 2 is 1.59 bits per heavy atom. The van der Waals surface area contributed by atoms with Gasteiger partial charge in [-0.25, -0.2) is 4.39 Å². The van der Waals surface area contributed by atoms with Gasteiger partial charge in [-0.05, 0) is 92.7 Å². The number of nitrogens with one attached hydrogen (secondary N) is 1. The van der Waals surface area contributed by atoms with Crippen LogP contribution in [0, 0.1) is 5.82 Å². The van der Waals surface area contributed by atoms with Crippen LogP contribution < -0.4 is 0 Å². The van der Waals surface area contributed by atoms with Crippen molar-refractivity contribution in [1.82, 2.24) is 14.8 Å². The lowest BCUT2D eigenvalue weighted by atomic mass is 9.89. The van der Waals surface area contributed by atoms with Crippen LogP contribution in [0.15, 0.2) is 48.7 Å². The van der Waals surface area contributed by atoms with Gasteiger partial charge in [0, 0.05) is 30.2 Å². The van der Waals surface area contributed by atoms with Crippen molar-refractivity contribution in [2.24, 2.45) is 0 Å². The highest BCUT2D eigenvalue weighted by atomic mass is 19.1. The van der Waals surface area contributed by atoms with Crippen LogP contribution in [0.25, 0.3) is 10.9 Å². The van der Waals surface area contributed by atoms with Crippen molar-refractivity contribution in [3.8, 4) is 0 Å². The molecule has 0 atom stereocenters. The van der Waals surface area contributed by atoms with E-state index in [1.807, 2.05) is 6.07 Å². The number of hydrogen-bond acceptors (Lipinski definition) is 2. The number of aromatic nitrogens is 1. The largest absolute Gasteiger partial charge is 0.361 e. The number of H-pyrrole nitrogens is 1. The summed E-state index contributed by atoms with van der Waals surface area (Å²) in [5.74, 6) is 0.423. The molecule has 1 aromatic heterocycles. The summed E-state index contributed by atoms with van der Waals surface area (Å²) >= 11 is 0. The lowest BCUT2D eigenvalue weighted by Gasteiger charge is -2.32. The van der Waals surface area contributed by atoms with Crippen LogP contribution in [0.3, 0.4) is 0 Å². The second kappa shape index (κ2) is 8.29. The first-order chi connectivity index (χ1) is 14.3. The van der Waals surface area contributed by atoms with Crippen molar-refractivity contribution in [3.05, 3.63) is 71.2 Å². The number of piperidine rings is 1. The van der Waals surface area contributed by atoms with Crippen molar-refractivity contribution < 1.29 is 4.39 Å². The molecule has 152 valence electrons. The lowest BCUT2D eigenvalue weighted by molar-refractivity contribution is 0.202. The first-order valence-electron chi connectivity index (χ1n) is 11.0. The zero-order valence-corrected chi connectivity index (χ0v) is 17.0. The van der Waals surface area contributed by atoms with E-state index in [2.05, 4.69) is 45.2 Å². The number of fused-ring (bicyclic) bond motifs is 2. The van der Waals surface area contributed by atoms with Gasteiger partial charge in [-0.2, -0.15) is 0 Å². The molecule has 2 aliphatic heterocycles. The minimum atomic E-state index is -0.168.